The third kappa shape index (κ3) is 3.38. The van der Waals surface area contributed by atoms with Gasteiger partial charge in [0.25, 0.3) is 0 Å². The van der Waals surface area contributed by atoms with Crippen molar-refractivity contribution in [3.05, 3.63) is 53.6 Å². The second-order valence-electron chi connectivity index (χ2n) is 16.1. The molecule has 5 saturated carbocycles. The molecule has 0 amide bonds. The maximum absolute atomic E-state index is 14.0. The number of benzene rings is 1. The van der Waals surface area contributed by atoms with Crippen LogP contribution >= 0.6 is 0 Å². The summed E-state index contributed by atoms with van der Waals surface area (Å²) in [6.45, 7) is 22.0. The van der Waals surface area contributed by atoms with Crippen molar-refractivity contribution in [3.63, 3.8) is 0 Å². The van der Waals surface area contributed by atoms with Crippen LogP contribution in [0.5, 0.6) is 0 Å². The molecule has 0 aromatic heterocycles. The van der Waals surface area contributed by atoms with Gasteiger partial charge in [0.2, 0.25) is 0 Å². The van der Waals surface area contributed by atoms with Crippen molar-refractivity contribution in [2.24, 2.45) is 56.7 Å². The molecule has 6 rings (SSSR count). The molecule has 1 aromatic carbocycles. The van der Waals surface area contributed by atoms with Gasteiger partial charge in [0.1, 0.15) is 0 Å². The molecule has 5 fully saturated rings. The van der Waals surface area contributed by atoms with Crippen molar-refractivity contribution >= 4 is 11.9 Å². The molecule has 5 aliphatic carbocycles. The van der Waals surface area contributed by atoms with Gasteiger partial charge in [-0.3, -0.25) is 4.79 Å². The number of hydrogen-bond acceptors (Lipinski definition) is 1. The van der Waals surface area contributed by atoms with E-state index >= 15 is 0 Å². The van der Waals surface area contributed by atoms with Gasteiger partial charge in [0.05, 0.1) is 0 Å². The van der Waals surface area contributed by atoms with Crippen LogP contribution in [-0.2, 0) is 4.79 Å². The van der Waals surface area contributed by atoms with E-state index in [1.54, 1.807) is 0 Å². The molecule has 0 radical (unpaired) electrons. The first-order valence-electron chi connectivity index (χ1n) is 15.7. The van der Waals surface area contributed by atoms with E-state index in [4.69, 9.17) is 0 Å². The number of ketones is 1. The van der Waals surface area contributed by atoms with Crippen molar-refractivity contribution in [2.75, 3.05) is 0 Å². The third-order valence-electron chi connectivity index (χ3n) is 14.2. The normalized spacial score (nSPS) is 48.6. The highest BCUT2D eigenvalue weighted by Gasteiger charge is 2.70. The van der Waals surface area contributed by atoms with Crippen LogP contribution in [0.3, 0.4) is 0 Å². The van der Waals surface area contributed by atoms with Crippen LogP contribution < -0.4 is 0 Å². The fraction of sp³-hybridized carbons (Fsp3) is 0.703. The maximum atomic E-state index is 14.0. The van der Waals surface area contributed by atoms with Gasteiger partial charge in [0.15, 0.2) is 5.78 Å². The smallest absolute Gasteiger partial charge is 0.164 e. The largest absolute Gasteiger partial charge is 0.294 e. The Morgan fingerprint density at radius 2 is 1.55 bits per heavy atom. The van der Waals surface area contributed by atoms with Crippen LogP contribution in [0.25, 0.3) is 6.08 Å². The molecule has 0 heterocycles. The summed E-state index contributed by atoms with van der Waals surface area (Å²) in [5.41, 5.74) is 4.77. The monoisotopic (exact) mass is 512 g/mol. The third-order valence-corrected chi connectivity index (χ3v) is 14.2. The molecule has 5 aliphatic rings. The lowest BCUT2D eigenvalue weighted by Gasteiger charge is -2.72. The minimum Gasteiger partial charge on any atom is -0.294 e. The summed E-state index contributed by atoms with van der Waals surface area (Å²) in [6.07, 6.45) is 13.9. The van der Waals surface area contributed by atoms with E-state index in [2.05, 4.69) is 91.5 Å². The molecular weight excluding hydrogens is 460 g/mol. The van der Waals surface area contributed by atoms with Crippen molar-refractivity contribution in [2.45, 2.75) is 106 Å². The predicted octanol–water partition coefficient (Wildman–Crippen LogP) is 9.93. The quantitative estimate of drug-likeness (QED) is 0.284. The first-order valence-corrected chi connectivity index (χ1v) is 15.7. The summed E-state index contributed by atoms with van der Waals surface area (Å²) in [4.78, 5) is 14.0. The standard InChI is InChI=1S/C37H52O/c1-24(2)27-16-18-34(5)20-21-36(7)28(31(27)34)14-15-30-35(6)23-26(22-25-12-10-9-11-13-25)32(38)33(3,4)29(35)17-19-37(30,36)8/h9-13,22,27-31H,1,14-21,23H2,2-8H3/b26-22-/t27-,28+,29-,30+,31+,34+,35+,36+,37-/m0/s1. The van der Waals surface area contributed by atoms with Gasteiger partial charge in [-0.1, -0.05) is 84.0 Å². The van der Waals surface area contributed by atoms with Gasteiger partial charge in [-0.2, -0.15) is 0 Å². The number of carbonyl (C=O) groups excluding carboxylic acids is 1. The fourth-order valence-electron chi connectivity index (χ4n) is 12.2. The Bertz CT molecular complexity index is 1170. The van der Waals surface area contributed by atoms with Crippen molar-refractivity contribution in [3.8, 4) is 0 Å². The highest BCUT2D eigenvalue weighted by molar-refractivity contribution is 6.04. The molecule has 38 heavy (non-hydrogen) atoms. The molecule has 0 unspecified atom stereocenters. The molecule has 0 saturated heterocycles. The second-order valence-corrected chi connectivity index (χ2v) is 16.1. The zero-order chi connectivity index (χ0) is 27.3. The Kier molecular flexibility index (Phi) is 5.90. The number of carbonyl (C=O) groups is 1. The SMILES string of the molecule is C=C(C)[C@@H]1CC[C@]2(C)CC[C@]3(C)[C@H](CC[C@@H]4[C@]5(C)C/C(=C/c6ccccc6)C(=O)C(C)(C)[C@@H]5CC[C@@]43C)[C@@H]12. The Labute approximate surface area is 232 Å². The maximum Gasteiger partial charge on any atom is 0.164 e. The predicted molar refractivity (Wildman–Crippen MR) is 159 cm³/mol. The van der Waals surface area contributed by atoms with Crippen molar-refractivity contribution in [1.82, 2.24) is 0 Å². The molecule has 1 aromatic rings. The summed E-state index contributed by atoms with van der Waals surface area (Å²) in [5.74, 6) is 3.87. The summed E-state index contributed by atoms with van der Waals surface area (Å²) >= 11 is 0. The van der Waals surface area contributed by atoms with Crippen LogP contribution in [0.4, 0.5) is 0 Å². The molecular formula is C37H52O. The summed E-state index contributed by atoms with van der Waals surface area (Å²) < 4.78 is 0. The van der Waals surface area contributed by atoms with Crippen LogP contribution in [0.1, 0.15) is 112 Å². The number of rotatable bonds is 2. The van der Waals surface area contributed by atoms with E-state index in [0.717, 1.165) is 23.8 Å². The van der Waals surface area contributed by atoms with E-state index in [-0.39, 0.29) is 10.8 Å². The van der Waals surface area contributed by atoms with Crippen LogP contribution in [0.15, 0.2) is 48.1 Å². The van der Waals surface area contributed by atoms with E-state index in [9.17, 15) is 4.79 Å². The lowest BCUT2D eigenvalue weighted by molar-refractivity contribution is -0.228. The first kappa shape index (κ1) is 26.6. The van der Waals surface area contributed by atoms with Crippen LogP contribution in [-0.4, -0.2) is 5.78 Å². The molecule has 0 spiro atoms. The summed E-state index contributed by atoms with van der Waals surface area (Å²) in [6, 6.07) is 10.5. The molecule has 1 heteroatoms. The van der Waals surface area contributed by atoms with E-state index < -0.39 is 0 Å². The first-order chi connectivity index (χ1) is 17.8. The lowest BCUT2D eigenvalue weighted by Crippen LogP contribution is -2.66. The Morgan fingerprint density at radius 1 is 0.842 bits per heavy atom. The lowest BCUT2D eigenvalue weighted by atomic mass is 9.32. The average molecular weight is 513 g/mol. The van der Waals surface area contributed by atoms with Crippen LogP contribution in [0, 0.1) is 56.7 Å². The minimum absolute atomic E-state index is 0.170. The highest BCUT2D eigenvalue weighted by Crippen LogP contribution is 2.77. The molecule has 0 N–H and O–H groups in total. The summed E-state index contributed by atoms with van der Waals surface area (Å²) in [7, 11) is 0. The van der Waals surface area contributed by atoms with E-state index in [1.807, 2.05) is 0 Å². The Morgan fingerprint density at radius 3 is 2.24 bits per heavy atom. The number of Topliss-reactive ketones (excluding diaryl/α,β-unsaturated/α-hetero) is 1. The van der Waals surface area contributed by atoms with Crippen molar-refractivity contribution in [1.29, 1.82) is 0 Å². The number of fused-ring (bicyclic) bond motifs is 7. The minimum atomic E-state index is -0.297. The molecule has 9 atom stereocenters. The molecule has 206 valence electrons. The van der Waals surface area contributed by atoms with Gasteiger partial charge in [-0.15, -0.1) is 0 Å². The second kappa shape index (κ2) is 8.44. The molecule has 0 aliphatic heterocycles. The van der Waals surface area contributed by atoms with Gasteiger partial charge in [0, 0.05) is 5.41 Å². The van der Waals surface area contributed by atoms with E-state index in [0.29, 0.717) is 39.8 Å². The summed E-state index contributed by atoms with van der Waals surface area (Å²) in [5, 5.41) is 0. The average Bonchev–Trinajstić information content (AvgIpc) is 3.21. The van der Waals surface area contributed by atoms with Gasteiger partial charge in [-0.25, -0.2) is 0 Å². The number of hydrogen-bond donors (Lipinski definition) is 0. The number of allylic oxidation sites excluding steroid dienone is 2. The van der Waals surface area contributed by atoms with Gasteiger partial charge < -0.3 is 0 Å². The van der Waals surface area contributed by atoms with E-state index in [1.165, 1.54) is 62.5 Å². The molecule has 0 bridgehead atoms. The van der Waals surface area contributed by atoms with Gasteiger partial charge in [-0.05, 0) is 133 Å². The fourth-order valence-corrected chi connectivity index (χ4v) is 12.2. The topological polar surface area (TPSA) is 17.1 Å². The zero-order valence-electron chi connectivity index (χ0n) is 25.3. The van der Waals surface area contributed by atoms with Gasteiger partial charge >= 0.3 is 0 Å². The zero-order valence-corrected chi connectivity index (χ0v) is 25.3. The Balaban J connectivity index is 1.41. The van der Waals surface area contributed by atoms with Crippen molar-refractivity contribution < 1.29 is 4.79 Å². The highest BCUT2D eigenvalue weighted by atomic mass is 16.1. The van der Waals surface area contributed by atoms with Crippen LogP contribution in [0.2, 0.25) is 0 Å². The molecule has 1 nitrogen and oxygen atoms in total. The Hall–Kier alpha value is -1.63.